The number of fused-ring (bicyclic) bond motifs is 1. The fraction of sp³-hybridized carbons (Fsp3) is 0.174. The van der Waals surface area contributed by atoms with Crippen LogP contribution in [-0.4, -0.2) is 24.0 Å². The van der Waals surface area contributed by atoms with Crippen LogP contribution in [0.15, 0.2) is 72.8 Å². The second kappa shape index (κ2) is 8.03. The molecular weight excluding hydrogens is 377 g/mol. The lowest BCUT2D eigenvalue weighted by atomic mass is 9.88. The van der Waals surface area contributed by atoms with Crippen LogP contribution in [0.5, 0.6) is 5.75 Å². The fourth-order valence-electron chi connectivity index (χ4n) is 3.63. The average Bonchev–Trinajstić information content (AvgIpc) is 2.73. The van der Waals surface area contributed by atoms with E-state index in [2.05, 4.69) is 0 Å². The molecule has 4 rings (SSSR count). The third kappa shape index (κ3) is 3.73. The van der Waals surface area contributed by atoms with E-state index in [1.54, 1.807) is 47.4 Å². The summed E-state index contributed by atoms with van der Waals surface area (Å²) >= 11 is 5.88. The quantitative estimate of drug-likeness (QED) is 0.620. The Hall–Kier alpha value is -2.85. The van der Waals surface area contributed by atoms with Gasteiger partial charge in [0.2, 0.25) is 0 Å². The summed E-state index contributed by atoms with van der Waals surface area (Å²) in [6, 6.07) is 20.9. The predicted octanol–water partition coefficient (Wildman–Crippen LogP) is 5.03. The molecule has 0 aromatic heterocycles. The van der Waals surface area contributed by atoms with E-state index in [0.717, 1.165) is 17.5 Å². The number of hydrogen-bond acceptors (Lipinski definition) is 2. The van der Waals surface area contributed by atoms with Crippen LogP contribution >= 0.6 is 11.6 Å². The molecule has 1 aliphatic heterocycles. The first-order valence-electron chi connectivity index (χ1n) is 9.13. The second-order valence-electron chi connectivity index (χ2n) is 6.70. The molecule has 0 spiro atoms. The minimum absolute atomic E-state index is 0.116. The van der Waals surface area contributed by atoms with Crippen LogP contribution in [0.2, 0.25) is 5.02 Å². The van der Waals surface area contributed by atoms with Crippen molar-refractivity contribution in [2.24, 2.45) is 0 Å². The van der Waals surface area contributed by atoms with Crippen molar-refractivity contribution in [3.63, 3.8) is 0 Å². The molecule has 0 radical (unpaired) electrons. The summed E-state index contributed by atoms with van der Waals surface area (Å²) in [5, 5.41) is 0.603. The van der Waals surface area contributed by atoms with Crippen LogP contribution in [0.25, 0.3) is 0 Å². The van der Waals surface area contributed by atoms with Gasteiger partial charge < -0.3 is 9.64 Å². The van der Waals surface area contributed by atoms with E-state index in [0.29, 0.717) is 22.9 Å². The topological polar surface area (TPSA) is 29.5 Å². The molecule has 142 valence electrons. The Labute approximate surface area is 168 Å². The van der Waals surface area contributed by atoms with Crippen molar-refractivity contribution in [1.29, 1.82) is 0 Å². The first kappa shape index (κ1) is 18.5. The first-order valence-corrected chi connectivity index (χ1v) is 9.51. The summed E-state index contributed by atoms with van der Waals surface area (Å²) in [7, 11) is 0. The number of rotatable bonds is 4. The molecule has 3 nitrogen and oxygen atoms in total. The SMILES string of the molecule is O=C(COc1ccc(Cl)cc1)N1CCc2ccccc2[C@H]1c1ccccc1F. The fourth-order valence-corrected chi connectivity index (χ4v) is 3.75. The zero-order valence-electron chi connectivity index (χ0n) is 15.1. The molecule has 0 saturated heterocycles. The highest BCUT2D eigenvalue weighted by molar-refractivity contribution is 6.30. The molecule has 0 bridgehead atoms. The van der Waals surface area contributed by atoms with Crippen molar-refractivity contribution in [3.8, 4) is 5.75 Å². The molecule has 0 fully saturated rings. The van der Waals surface area contributed by atoms with Crippen LogP contribution in [0, 0.1) is 5.82 Å². The second-order valence-corrected chi connectivity index (χ2v) is 7.14. The molecule has 1 amide bonds. The van der Waals surface area contributed by atoms with Crippen molar-refractivity contribution in [2.75, 3.05) is 13.2 Å². The maximum atomic E-state index is 14.6. The summed E-state index contributed by atoms with van der Waals surface area (Å²) in [5.41, 5.74) is 2.59. The monoisotopic (exact) mass is 395 g/mol. The minimum Gasteiger partial charge on any atom is -0.484 e. The number of ether oxygens (including phenoxy) is 1. The molecule has 3 aromatic rings. The van der Waals surface area contributed by atoms with Gasteiger partial charge in [-0.25, -0.2) is 4.39 Å². The van der Waals surface area contributed by atoms with Gasteiger partial charge in [-0.3, -0.25) is 4.79 Å². The Morgan fingerprint density at radius 3 is 2.43 bits per heavy atom. The largest absolute Gasteiger partial charge is 0.484 e. The highest BCUT2D eigenvalue weighted by Gasteiger charge is 2.33. The van der Waals surface area contributed by atoms with Gasteiger partial charge in [-0.05, 0) is 47.9 Å². The van der Waals surface area contributed by atoms with Crippen LogP contribution in [0.3, 0.4) is 0 Å². The van der Waals surface area contributed by atoms with E-state index < -0.39 is 6.04 Å². The zero-order valence-corrected chi connectivity index (χ0v) is 15.9. The van der Waals surface area contributed by atoms with Crippen LogP contribution in [0.1, 0.15) is 22.7 Å². The first-order chi connectivity index (χ1) is 13.6. The van der Waals surface area contributed by atoms with E-state index in [1.807, 2.05) is 24.3 Å². The van der Waals surface area contributed by atoms with Crippen molar-refractivity contribution < 1.29 is 13.9 Å². The van der Waals surface area contributed by atoms with Gasteiger partial charge in [0.1, 0.15) is 11.6 Å². The Balaban J connectivity index is 1.62. The molecular formula is C23H19ClFNO2. The molecule has 1 heterocycles. The van der Waals surface area contributed by atoms with Crippen molar-refractivity contribution in [2.45, 2.75) is 12.5 Å². The summed E-state index contributed by atoms with van der Waals surface area (Å²) in [6.07, 6.45) is 0.730. The number of carbonyl (C=O) groups excluding carboxylic acids is 1. The zero-order chi connectivity index (χ0) is 19.5. The van der Waals surface area contributed by atoms with Gasteiger partial charge in [-0.2, -0.15) is 0 Å². The summed E-state index contributed by atoms with van der Waals surface area (Å²) in [4.78, 5) is 14.7. The van der Waals surface area contributed by atoms with Crippen molar-refractivity contribution >= 4 is 17.5 Å². The lowest BCUT2D eigenvalue weighted by Crippen LogP contribution is -2.43. The van der Waals surface area contributed by atoms with Gasteiger partial charge in [-0.15, -0.1) is 0 Å². The maximum absolute atomic E-state index is 14.6. The smallest absolute Gasteiger partial charge is 0.261 e. The third-order valence-electron chi connectivity index (χ3n) is 4.98. The van der Waals surface area contributed by atoms with Crippen molar-refractivity contribution in [3.05, 3.63) is 100 Å². The Morgan fingerprint density at radius 2 is 1.68 bits per heavy atom. The predicted molar refractivity (Wildman–Crippen MR) is 107 cm³/mol. The highest BCUT2D eigenvalue weighted by Crippen LogP contribution is 2.36. The van der Waals surface area contributed by atoms with Gasteiger partial charge in [0.25, 0.3) is 5.91 Å². The molecule has 0 unspecified atom stereocenters. The normalized spacial score (nSPS) is 15.8. The molecule has 3 aromatic carbocycles. The molecule has 0 saturated carbocycles. The number of hydrogen-bond donors (Lipinski definition) is 0. The van der Waals surface area contributed by atoms with E-state index in [-0.39, 0.29) is 18.3 Å². The van der Waals surface area contributed by atoms with Crippen molar-refractivity contribution in [1.82, 2.24) is 4.90 Å². The number of amides is 1. The third-order valence-corrected chi connectivity index (χ3v) is 5.23. The molecule has 0 N–H and O–H groups in total. The van der Waals surface area contributed by atoms with E-state index in [1.165, 1.54) is 6.07 Å². The standard InChI is InChI=1S/C23H19ClFNO2/c24-17-9-11-18(12-10-17)28-15-22(27)26-14-13-16-5-1-2-6-19(16)23(26)20-7-3-4-8-21(20)25/h1-12,23H,13-15H2/t23-/m0/s1. The lowest BCUT2D eigenvalue weighted by molar-refractivity contribution is -0.135. The molecule has 1 aliphatic rings. The maximum Gasteiger partial charge on any atom is 0.261 e. The number of halogens is 2. The van der Waals surface area contributed by atoms with Crippen LogP contribution < -0.4 is 4.74 Å². The van der Waals surface area contributed by atoms with Gasteiger partial charge in [-0.1, -0.05) is 54.1 Å². The average molecular weight is 396 g/mol. The van der Waals surface area contributed by atoms with E-state index in [9.17, 15) is 9.18 Å². The summed E-state index contributed by atoms with van der Waals surface area (Å²) < 4.78 is 20.2. The van der Waals surface area contributed by atoms with Gasteiger partial charge >= 0.3 is 0 Å². The number of carbonyl (C=O) groups is 1. The molecule has 0 aliphatic carbocycles. The molecule has 5 heteroatoms. The van der Waals surface area contributed by atoms with Crippen LogP contribution in [0.4, 0.5) is 4.39 Å². The summed E-state index contributed by atoms with van der Waals surface area (Å²) in [5.74, 6) is 0.0657. The molecule has 1 atom stereocenters. The highest BCUT2D eigenvalue weighted by atomic mass is 35.5. The van der Waals surface area contributed by atoms with Gasteiger partial charge in [0.15, 0.2) is 6.61 Å². The van der Waals surface area contributed by atoms with Gasteiger partial charge in [0, 0.05) is 17.1 Å². The minimum atomic E-state index is -0.465. The summed E-state index contributed by atoms with van der Waals surface area (Å²) in [6.45, 7) is 0.396. The number of nitrogens with zero attached hydrogens (tertiary/aromatic N) is 1. The molecule has 28 heavy (non-hydrogen) atoms. The Bertz CT molecular complexity index is 990. The van der Waals surface area contributed by atoms with Crippen LogP contribution in [-0.2, 0) is 11.2 Å². The number of benzene rings is 3. The Kier molecular flexibility index (Phi) is 5.31. The van der Waals surface area contributed by atoms with Gasteiger partial charge in [0.05, 0.1) is 6.04 Å². The Morgan fingerprint density at radius 1 is 1.00 bits per heavy atom. The van der Waals surface area contributed by atoms with E-state index in [4.69, 9.17) is 16.3 Å². The van der Waals surface area contributed by atoms with E-state index >= 15 is 0 Å². The lowest BCUT2D eigenvalue weighted by Gasteiger charge is -2.37.